The lowest BCUT2D eigenvalue weighted by Gasteiger charge is -2.21. The van der Waals surface area contributed by atoms with Crippen LogP contribution in [0.4, 0.5) is 0 Å². The van der Waals surface area contributed by atoms with Crippen LogP contribution in [0.1, 0.15) is 34.2 Å². The summed E-state index contributed by atoms with van der Waals surface area (Å²) in [5.74, 6) is 1.60. The van der Waals surface area contributed by atoms with Crippen molar-refractivity contribution in [3.8, 4) is 0 Å². The van der Waals surface area contributed by atoms with Gasteiger partial charge in [0.1, 0.15) is 17.3 Å². The number of nitrogens with zero attached hydrogens (tertiary/aromatic N) is 4. The Bertz CT molecular complexity index is 774. The number of thiazole rings is 1. The molecule has 2 heterocycles. The van der Waals surface area contributed by atoms with Crippen LogP contribution >= 0.6 is 11.3 Å². The molecule has 1 aliphatic rings. The van der Waals surface area contributed by atoms with Crippen molar-refractivity contribution in [3.05, 3.63) is 39.7 Å². The lowest BCUT2D eigenvalue weighted by molar-refractivity contribution is -0.127. The van der Waals surface area contributed by atoms with E-state index in [0.717, 1.165) is 30.0 Å². The molecule has 1 N–H and O–H groups in total. The Morgan fingerprint density at radius 3 is 2.86 bits per heavy atom. The second-order valence-electron chi connectivity index (χ2n) is 7.22. The third kappa shape index (κ3) is 5.58. The largest absolute Gasteiger partial charge is 0.469 e. The smallest absolute Gasteiger partial charge is 0.243 e. The van der Waals surface area contributed by atoms with Gasteiger partial charge in [0.15, 0.2) is 5.96 Å². The Balaban J connectivity index is 1.64. The molecular weight excluding hydrogens is 374 g/mol. The molecule has 2 aromatic heterocycles. The first kappa shape index (κ1) is 20.4. The van der Waals surface area contributed by atoms with Crippen molar-refractivity contribution in [2.45, 2.75) is 38.6 Å². The molecule has 0 atom stereocenters. The number of likely N-dealkylation sites (N-methyl/N-ethyl adjacent to an activating group) is 1. The Kier molecular flexibility index (Phi) is 7.08. The fourth-order valence-electron chi connectivity index (χ4n) is 3.10. The zero-order valence-electron chi connectivity index (χ0n) is 16.9. The number of aromatic nitrogens is 1. The summed E-state index contributed by atoms with van der Waals surface area (Å²) in [6, 6.07) is 3.84. The highest BCUT2D eigenvalue weighted by Gasteiger charge is 2.17. The topological polar surface area (TPSA) is 74.0 Å². The standard InChI is InChI=1S/C20H29N5O2S/c1-24(2)19(26)13-22-20(21-11-10-15-7-6-12-27-15)25(3)14-18-23-16-8-4-5-9-17(16)28-18/h6-7,12H,4-5,8-11,13-14H2,1-3H3,(H,21,22). The van der Waals surface area contributed by atoms with Crippen LogP contribution in [0, 0.1) is 0 Å². The number of carbonyl (C=O) groups excluding carboxylic acids is 1. The van der Waals surface area contributed by atoms with Crippen LogP contribution in [0.3, 0.4) is 0 Å². The predicted octanol–water partition coefficient (Wildman–Crippen LogP) is 2.32. The van der Waals surface area contributed by atoms with Gasteiger partial charge in [0.2, 0.25) is 5.91 Å². The van der Waals surface area contributed by atoms with Crippen molar-refractivity contribution in [2.75, 3.05) is 34.2 Å². The molecule has 28 heavy (non-hydrogen) atoms. The molecule has 0 fully saturated rings. The Morgan fingerprint density at radius 2 is 2.14 bits per heavy atom. The van der Waals surface area contributed by atoms with E-state index in [4.69, 9.17) is 9.40 Å². The number of hydrogen-bond acceptors (Lipinski definition) is 5. The first-order chi connectivity index (χ1) is 13.5. The number of nitrogens with one attached hydrogen (secondary N) is 1. The van der Waals surface area contributed by atoms with E-state index in [0.29, 0.717) is 19.0 Å². The summed E-state index contributed by atoms with van der Waals surface area (Å²) in [6.45, 7) is 1.48. The van der Waals surface area contributed by atoms with E-state index in [1.54, 1.807) is 36.6 Å². The zero-order valence-corrected chi connectivity index (χ0v) is 17.7. The third-order valence-electron chi connectivity index (χ3n) is 4.72. The number of fused-ring (bicyclic) bond motifs is 1. The molecule has 0 saturated carbocycles. The van der Waals surface area contributed by atoms with Crippen LogP contribution in [-0.4, -0.2) is 60.9 Å². The van der Waals surface area contributed by atoms with Crippen LogP contribution in [-0.2, 0) is 30.6 Å². The summed E-state index contributed by atoms with van der Waals surface area (Å²) in [4.78, 5) is 26.3. The normalized spacial score (nSPS) is 13.9. The molecule has 0 aromatic carbocycles. The lowest BCUT2D eigenvalue weighted by Crippen LogP contribution is -2.40. The highest BCUT2D eigenvalue weighted by atomic mass is 32.1. The maximum atomic E-state index is 12.0. The van der Waals surface area contributed by atoms with E-state index in [-0.39, 0.29) is 12.5 Å². The second kappa shape index (κ2) is 9.73. The molecule has 0 spiro atoms. The van der Waals surface area contributed by atoms with Crippen molar-refractivity contribution >= 4 is 23.2 Å². The minimum absolute atomic E-state index is 0.0246. The van der Waals surface area contributed by atoms with Crippen LogP contribution in [0.15, 0.2) is 27.8 Å². The molecule has 152 valence electrons. The Morgan fingerprint density at radius 1 is 1.32 bits per heavy atom. The molecule has 0 unspecified atom stereocenters. The monoisotopic (exact) mass is 403 g/mol. The van der Waals surface area contributed by atoms with Gasteiger partial charge in [-0.15, -0.1) is 11.3 Å². The van der Waals surface area contributed by atoms with Crippen LogP contribution in [0.5, 0.6) is 0 Å². The van der Waals surface area contributed by atoms with E-state index in [1.807, 2.05) is 24.1 Å². The van der Waals surface area contributed by atoms with E-state index in [2.05, 4.69) is 10.3 Å². The fraction of sp³-hybridized carbons (Fsp3) is 0.550. The van der Waals surface area contributed by atoms with Crippen molar-refractivity contribution in [1.29, 1.82) is 0 Å². The number of aliphatic imine (C=N–C) groups is 1. The zero-order chi connectivity index (χ0) is 19.9. The number of guanidine groups is 1. The summed E-state index contributed by atoms with van der Waals surface area (Å²) in [7, 11) is 5.47. The molecule has 8 heteroatoms. The summed E-state index contributed by atoms with van der Waals surface area (Å²) < 4.78 is 5.39. The van der Waals surface area contributed by atoms with E-state index >= 15 is 0 Å². The van der Waals surface area contributed by atoms with Gasteiger partial charge in [-0.05, 0) is 37.8 Å². The van der Waals surface area contributed by atoms with Crippen LogP contribution in [0.2, 0.25) is 0 Å². The minimum atomic E-state index is -0.0246. The molecule has 3 rings (SSSR count). The third-order valence-corrected chi connectivity index (χ3v) is 5.86. The first-order valence-electron chi connectivity index (χ1n) is 9.72. The molecule has 0 saturated heterocycles. The van der Waals surface area contributed by atoms with Gasteiger partial charge in [-0.1, -0.05) is 0 Å². The SMILES string of the molecule is CN(C)C(=O)CN=C(NCCc1ccco1)N(C)Cc1nc2c(s1)CCCC2. The van der Waals surface area contributed by atoms with Gasteiger partial charge in [-0.25, -0.2) is 9.98 Å². The van der Waals surface area contributed by atoms with Crippen molar-refractivity contribution in [1.82, 2.24) is 20.1 Å². The average molecular weight is 404 g/mol. The first-order valence-corrected chi connectivity index (χ1v) is 10.5. The molecule has 0 radical (unpaired) electrons. The van der Waals surface area contributed by atoms with Crippen molar-refractivity contribution in [3.63, 3.8) is 0 Å². The van der Waals surface area contributed by atoms with Gasteiger partial charge in [0.25, 0.3) is 0 Å². The van der Waals surface area contributed by atoms with Crippen molar-refractivity contribution < 1.29 is 9.21 Å². The van der Waals surface area contributed by atoms with Crippen LogP contribution < -0.4 is 5.32 Å². The van der Waals surface area contributed by atoms with E-state index in [9.17, 15) is 4.79 Å². The van der Waals surface area contributed by atoms with Gasteiger partial charge in [-0.3, -0.25) is 4.79 Å². The highest BCUT2D eigenvalue weighted by molar-refractivity contribution is 7.11. The summed E-state index contributed by atoms with van der Waals surface area (Å²) in [5.41, 5.74) is 1.27. The van der Waals surface area contributed by atoms with Gasteiger partial charge >= 0.3 is 0 Å². The van der Waals surface area contributed by atoms with E-state index in [1.165, 1.54) is 23.4 Å². The molecule has 0 aliphatic heterocycles. The number of furan rings is 1. The molecule has 1 amide bonds. The molecule has 1 aliphatic carbocycles. The highest BCUT2D eigenvalue weighted by Crippen LogP contribution is 2.27. The predicted molar refractivity (Wildman–Crippen MR) is 112 cm³/mol. The Hall–Kier alpha value is -2.35. The number of amides is 1. The van der Waals surface area contributed by atoms with Crippen LogP contribution in [0.25, 0.3) is 0 Å². The number of aryl methyl sites for hydroxylation is 2. The fourth-order valence-corrected chi connectivity index (χ4v) is 4.31. The van der Waals surface area contributed by atoms with E-state index < -0.39 is 0 Å². The minimum Gasteiger partial charge on any atom is -0.469 e. The Labute approximate surface area is 170 Å². The van der Waals surface area contributed by atoms with Crippen molar-refractivity contribution in [2.24, 2.45) is 4.99 Å². The number of rotatable bonds is 7. The summed E-state index contributed by atoms with van der Waals surface area (Å²) in [6.07, 6.45) is 7.17. The number of carbonyl (C=O) groups is 1. The molecule has 7 nitrogen and oxygen atoms in total. The lowest BCUT2D eigenvalue weighted by atomic mass is 10.0. The number of hydrogen-bond donors (Lipinski definition) is 1. The molecule has 0 bridgehead atoms. The van der Waals surface area contributed by atoms with Gasteiger partial charge < -0.3 is 19.5 Å². The molecule has 2 aromatic rings. The average Bonchev–Trinajstić information content (AvgIpc) is 3.32. The second-order valence-corrected chi connectivity index (χ2v) is 8.39. The quantitative estimate of drug-likeness (QED) is 0.567. The summed E-state index contributed by atoms with van der Waals surface area (Å²) in [5, 5.41) is 4.46. The summed E-state index contributed by atoms with van der Waals surface area (Å²) >= 11 is 1.81. The maximum Gasteiger partial charge on any atom is 0.243 e. The molecular formula is C20H29N5O2S. The van der Waals surface area contributed by atoms with Gasteiger partial charge in [0.05, 0.1) is 18.5 Å². The van der Waals surface area contributed by atoms with Gasteiger partial charge in [-0.2, -0.15) is 0 Å². The van der Waals surface area contributed by atoms with Gasteiger partial charge in [0, 0.05) is 39.0 Å². The maximum absolute atomic E-state index is 12.0.